The Morgan fingerprint density at radius 1 is 1.26 bits per heavy atom. The summed E-state index contributed by atoms with van der Waals surface area (Å²) in [5.41, 5.74) is -0.283. The highest BCUT2D eigenvalue weighted by molar-refractivity contribution is 5.93. The number of rotatable bonds is 9. The van der Waals surface area contributed by atoms with Gasteiger partial charge >= 0.3 is 18.1 Å². The van der Waals surface area contributed by atoms with Gasteiger partial charge in [-0.25, -0.2) is 4.79 Å². The Labute approximate surface area is 156 Å². The first-order chi connectivity index (χ1) is 12.4. The largest absolute Gasteiger partial charge is 0.461 e. The molecule has 7 nitrogen and oxygen atoms in total. The summed E-state index contributed by atoms with van der Waals surface area (Å²) in [4.78, 5) is 26.0. The Hall–Kier alpha value is -2.23. The molecule has 0 saturated heterocycles. The lowest BCUT2D eigenvalue weighted by molar-refractivity contribution is -0.163. The van der Waals surface area contributed by atoms with Gasteiger partial charge in [0, 0.05) is 12.7 Å². The molecule has 0 radical (unpaired) electrons. The quantitative estimate of drug-likeness (QED) is 0.559. The number of aromatic nitrogens is 1. The minimum Gasteiger partial charge on any atom is -0.461 e. The van der Waals surface area contributed by atoms with Crippen molar-refractivity contribution in [3.05, 3.63) is 18.0 Å². The molecule has 0 bridgehead atoms. The van der Waals surface area contributed by atoms with Gasteiger partial charge in [-0.3, -0.25) is 10.1 Å². The van der Waals surface area contributed by atoms with Gasteiger partial charge in [0.15, 0.2) is 0 Å². The van der Waals surface area contributed by atoms with E-state index in [2.05, 4.69) is 15.6 Å². The van der Waals surface area contributed by atoms with E-state index in [-0.39, 0.29) is 25.3 Å². The molecule has 1 unspecified atom stereocenters. The van der Waals surface area contributed by atoms with Gasteiger partial charge in [0.2, 0.25) is 0 Å². The lowest BCUT2D eigenvalue weighted by Gasteiger charge is -2.24. The van der Waals surface area contributed by atoms with Crippen LogP contribution in [-0.4, -0.2) is 54.4 Å². The van der Waals surface area contributed by atoms with Gasteiger partial charge < -0.3 is 19.8 Å². The molecule has 0 aliphatic carbocycles. The van der Waals surface area contributed by atoms with Crippen LogP contribution in [0.25, 0.3) is 0 Å². The molecule has 1 aromatic rings. The van der Waals surface area contributed by atoms with Crippen LogP contribution < -0.4 is 10.6 Å². The van der Waals surface area contributed by atoms with E-state index < -0.39 is 36.3 Å². The summed E-state index contributed by atoms with van der Waals surface area (Å²) in [5, 5.41) is 4.95. The summed E-state index contributed by atoms with van der Waals surface area (Å²) in [6.45, 7) is 6.10. The van der Waals surface area contributed by atoms with E-state index in [4.69, 9.17) is 9.47 Å². The summed E-state index contributed by atoms with van der Waals surface area (Å²) in [5.74, 6) is -1.36. The molecule has 0 aliphatic heterocycles. The Kier molecular flexibility index (Phi) is 8.14. The van der Waals surface area contributed by atoms with Crippen molar-refractivity contribution in [2.45, 2.75) is 51.9 Å². The van der Waals surface area contributed by atoms with Crippen LogP contribution in [0.1, 0.15) is 44.6 Å². The number of ether oxygens (including phenoxy) is 2. The van der Waals surface area contributed by atoms with Gasteiger partial charge in [-0.15, -0.1) is 0 Å². The number of aromatic amines is 1. The second-order valence-corrected chi connectivity index (χ2v) is 6.76. The number of hydrogen-bond donors (Lipinski definition) is 3. The fourth-order valence-corrected chi connectivity index (χ4v) is 2.21. The average Bonchev–Trinajstić information content (AvgIpc) is 2.96. The smallest absolute Gasteiger partial charge is 0.403 e. The standard InChI is InChI=1S/C17H26F3N3O4/c1-5-26-15(25)14-11(6-8-22-14)21-9-7-12(17(18,19)20)23-10-13(24)27-16(2,3)4/h6,8,12,21-23H,5,7,9-10H2,1-4H3. The van der Waals surface area contributed by atoms with Gasteiger partial charge in [0.05, 0.1) is 18.8 Å². The number of esters is 2. The second-order valence-electron chi connectivity index (χ2n) is 6.76. The monoisotopic (exact) mass is 393 g/mol. The van der Waals surface area contributed by atoms with Gasteiger partial charge in [-0.2, -0.15) is 13.2 Å². The van der Waals surface area contributed by atoms with Gasteiger partial charge in [0.1, 0.15) is 17.3 Å². The first kappa shape index (κ1) is 22.8. The fourth-order valence-electron chi connectivity index (χ4n) is 2.21. The molecular weight excluding hydrogens is 367 g/mol. The number of H-pyrrole nitrogens is 1. The van der Waals surface area contributed by atoms with Crippen molar-refractivity contribution >= 4 is 17.6 Å². The minimum absolute atomic E-state index is 0.0737. The molecule has 1 rings (SSSR count). The van der Waals surface area contributed by atoms with E-state index in [1.165, 1.54) is 12.3 Å². The second kappa shape index (κ2) is 9.63. The molecule has 0 aliphatic rings. The van der Waals surface area contributed by atoms with Crippen LogP contribution in [0.4, 0.5) is 18.9 Å². The van der Waals surface area contributed by atoms with E-state index in [9.17, 15) is 22.8 Å². The predicted octanol–water partition coefficient (Wildman–Crippen LogP) is 2.86. The van der Waals surface area contributed by atoms with Crippen molar-refractivity contribution in [1.82, 2.24) is 10.3 Å². The normalized spacial score (nSPS) is 13.1. The SMILES string of the molecule is CCOC(=O)c1[nH]ccc1NCCC(NCC(=O)OC(C)(C)C)C(F)(F)F. The Balaban J connectivity index is 2.58. The van der Waals surface area contributed by atoms with Crippen LogP contribution in [0.5, 0.6) is 0 Å². The highest BCUT2D eigenvalue weighted by Crippen LogP contribution is 2.23. The molecule has 154 valence electrons. The zero-order valence-electron chi connectivity index (χ0n) is 15.8. The molecule has 3 N–H and O–H groups in total. The average molecular weight is 393 g/mol. The highest BCUT2D eigenvalue weighted by Gasteiger charge is 2.39. The summed E-state index contributed by atoms with van der Waals surface area (Å²) in [7, 11) is 0. The molecule has 1 aromatic heterocycles. The number of halogens is 3. The van der Waals surface area contributed by atoms with E-state index in [1.807, 2.05) is 0 Å². The number of hydrogen-bond acceptors (Lipinski definition) is 6. The Morgan fingerprint density at radius 2 is 1.93 bits per heavy atom. The Bertz CT molecular complexity index is 624. The summed E-state index contributed by atoms with van der Waals surface area (Å²) < 4.78 is 49.3. The number of carbonyl (C=O) groups excluding carboxylic acids is 2. The van der Waals surface area contributed by atoms with Crippen molar-refractivity contribution in [2.75, 3.05) is 25.0 Å². The number of nitrogens with one attached hydrogen (secondary N) is 3. The molecule has 0 aromatic carbocycles. The molecule has 0 fully saturated rings. The maximum absolute atomic E-state index is 13.2. The first-order valence-electron chi connectivity index (χ1n) is 8.54. The zero-order valence-corrected chi connectivity index (χ0v) is 15.8. The summed E-state index contributed by atoms with van der Waals surface area (Å²) in [6.07, 6.45) is -3.40. The van der Waals surface area contributed by atoms with Crippen molar-refractivity contribution in [3.8, 4) is 0 Å². The van der Waals surface area contributed by atoms with Crippen molar-refractivity contribution in [3.63, 3.8) is 0 Å². The predicted molar refractivity (Wildman–Crippen MR) is 93.5 cm³/mol. The van der Waals surface area contributed by atoms with Crippen LogP contribution in [0, 0.1) is 0 Å². The molecule has 0 spiro atoms. The third kappa shape index (κ3) is 8.33. The fraction of sp³-hybridized carbons (Fsp3) is 0.647. The molecule has 1 atom stereocenters. The zero-order chi connectivity index (χ0) is 20.7. The number of alkyl halides is 3. The molecule has 10 heteroatoms. The Morgan fingerprint density at radius 3 is 2.48 bits per heavy atom. The van der Waals surface area contributed by atoms with E-state index in [1.54, 1.807) is 27.7 Å². The molecular formula is C17H26F3N3O4. The van der Waals surface area contributed by atoms with Crippen molar-refractivity contribution in [2.24, 2.45) is 0 Å². The van der Waals surface area contributed by atoms with Crippen molar-refractivity contribution in [1.29, 1.82) is 0 Å². The van der Waals surface area contributed by atoms with Gasteiger partial charge in [-0.1, -0.05) is 0 Å². The van der Waals surface area contributed by atoms with Crippen LogP contribution in [0.15, 0.2) is 12.3 Å². The van der Waals surface area contributed by atoms with E-state index in [0.29, 0.717) is 5.69 Å². The first-order valence-corrected chi connectivity index (χ1v) is 8.54. The topological polar surface area (TPSA) is 92.5 Å². The summed E-state index contributed by atoms with van der Waals surface area (Å²) >= 11 is 0. The molecule has 0 saturated carbocycles. The van der Waals surface area contributed by atoms with E-state index >= 15 is 0 Å². The highest BCUT2D eigenvalue weighted by atomic mass is 19.4. The lowest BCUT2D eigenvalue weighted by atomic mass is 10.2. The molecule has 0 amide bonds. The number of carbonyl (C=O) groups is 2. The van der Waals surface area contributed by atoms with Crippen molar-refractivity contribution < 1.29 is 32.2 Å². The molecule has 1 heterocycles. The van der Waals surface area contributed by atoms with Gasteiger partial charge in [-0.05, 0) is 40.2 Å². The molecule has 27 heavy (non-hydrogen) atoms. The minimum atomic E-state index is -4.54. The van der Waals surface area contributed by atoms with E-state index in [0.717, 1.165) is 0 Å². The van der Waals surface area contributed by atoms with Crippen LogP contribution >= 0.6 is 0 Å². The van der Waals surface area contributed by atoms with Crippen LogP contribution in [-0.2, 0) is 14.3 Å². The van der Waals surface area contributed by atoms with Gasteiger partial charge in [0.25, 0.3) is 0 Å². The van der Waals surface area contributed by atoms with Crippen LogP contribution in [0.3, 0.4) is 0 Å². The number of anilines is 1. The summed E-state index contributed by atoms with van der Waals surface area (Å²) in [6, 6.07) is -0.370. The maximum Gasteiger partial charge on any atom is 0.403 e. The van der Waals surface area contributed by atoms with Crippen LogP contribution in [0.2, 0.25) is 0 Å². The third-order valence-electron chi connectivity index (χ3n) is 3.28. The third-order valence-corrected chi connectivity index (χ3v) is 3.28. The lowest BCUT2D eigenvalue weighted by Crippen LogP contribution is -2.46. The maximum atomic E-state index is 13.2.